The summed E-state index contributed by atoms with van der Waals surface area (Å²) in [6.07, 6.45) is 4.12. The summed E-state index contributed by atoms with van der Waals surface area (Å²) >= 11 is 1.98. The van der Waals surface area contributed by atoms with E-state index >= 15 is 0 Å². The molecule has 0 N–H and O–H groups in total. The molecule has 0 radical (unpaired) electrons. The molecule has 0 heterocycles. The summed E-state index contributed by atoms with van der Waals surface area (Å²) in [6.45, 7) is 2.19. The van der Waals surface area contributed by atoms with Gasteiger partial charge in [0.05, 0.1) is 11.5 Å². The van der Waals surface area contributed by atoms with Crippen molar-refractivity contribution < 1.29 is 0 Å². The molecule has 0 bridgehead atoms. The van der Waals surface area contributed by atoms with E-state index in [0.717, 1.165) is 19.3 Å². The van der Waals surface area contributed by atoms with Crippen LogP contribution in [0.5, 0.6) is 0 Å². The zero-order chi connectivity index (χ0) is 12.1. The number of hydrogen-bond donors (Lipinski definition) is 0. The Morgan fingerprint density at radius 1 is 1.29 bits per heavy atom. The lowest BCUT2D eigenvalue weighted by atomic mass is 9.82. The molecule has 0 atom stereocenters. The minimum atomic E-state index is -0.113. The van der Waals surface area contributed by atoms with E-state index in [-0.39, 0.29) is 5.41 Å². The van der Waals surface area contributed by atoms with E-state index in [2.05, 4.69) is 37.3 Å². The first-order chi connectivity index (χ1) is 8.29. The fraction of sp³-hybridized carbons (Fsp3) is 0.533. The van der Waals surface area contributed by atoms with E-state index in [0.29, 0.717) is 0 Å². The molecule has 2 rings (SSSR count). The third-order valence-electron chi connectivity index (χ3n) is 3.56. The molecule has 0 spiro atoms. The minimum Gasteiger partial charge on any atom is -0.198 e. The zero-order valence-electron chi connectivity index (χ0n) is 10.4. The molecule has 0 aliphatic heterocycles. The van der Waals surface area contributed by atoms with Gasteiger partial charge in [-0.2, -0.15) is 17.0 Å². The van der Waals surface area contributed by atoms with Crippen molar-refractivity contribution in [2.24, 2.45) is 5.41 Å². The summed E-state index contributed by atoms with van der Waals surface area (Å²) in [5.41, 5.74) is 2.66. The maximum absolute atomic E-state index is 9.49. The molecule has 0 saturated heterocycles. The predicted molar refractivity (Wildman–Crippen MR) is 74.1 cm³/mol. The van der Waals surface area contributed by atoms with Gasteiger partial charge >= 0.3 is 0 Å². The first kappa shape index (κ1) is 12.5. The number of nitriles is 1. The first-order valence-corrected chi connectivity index (χ1v) is 7.51. The van der Waals surface area contributed by atoms with Crippen LogP contribution in [0.15, 0.2) is 24.3 Å². The maximum atomic E-state index is 9.49. The molecule has 1 aliphatic rings. The van der Waals surface area contributed by atoms with E-state index in [9.17, 15) is 5.26 Å². The average Bonchev–Trinajstić information content (AvgIpc) is 2.74. The number of rotatable bonds is 5. The van der Waals surface area contributed by atoms with Crippen molar-refractivity contribution in [1.82, 2.24) is 0 Å². The summed E-state index contributed by atoms with van der Waals surface area (Å²) in [5.74, 6) is 2.37. The van der Waals surface area contributed by atoms with Crippen LogP contribution in [0.4, 0.5) is 0 Å². The lowest BCUT2D eigenvalue weighted by Gasteiger charge is -2.19. The number of hydrogen-bond acceptors (Lipinski definition) is 2. The van der Waals surface area contributed by atoms with Crippen LogP contribution in [0.1, 0.15) is 30.9 Å². The Bertz CT molecular complexity index is 394. The Labute approximate surface area is 108 Å². The van der Waals surface area contributed by atoms with Gasteiger partial charge in [0.1, 0.15) is 0 Å². The van der Waals surface area contributed by atoms with Gasteiger partial charge in [-0.15, -0.1) is 0 Å². The van der Waals surface area contributed by atoms with Crippen LogP contribution in [0.3, 0.4) is 0 Å². The molecule has 0 unspecified atom stereocenters. The second kappa shape index (κ2) is 5.60. The van der Waals surface area contributed by atoms with Crippen molar-refractivity contribution in [2.75, 3.05) is 11.5 Å². The van der Waals surface area contributed by atoms with Gasteiger partial charge in [-0.05, 0) is 48.3 Å². The molecule has 0 aromatic heterocycles. The summed E-state index contributed by atoms with van der Waals surface area (Å²) in [7, 11) is 0. The molecule has 0 fully saturated rings. The van der Waals surface area contributed by atoms with Crippen LogP contribution in [-0.2, 0) is 12.8 Å². The van der Waals surface area contributed by atoms with Crippen molar-refractivity contribution >= 4 is 11.8 Å². The molecule has 1 aliphatic carbocycles. The van der Waals surface area contributed by atoms with Crippen molar-refractivity contribution in [1.29, 1.82) is 5.26 Å². The third kappa shape index (κ3) is 2.84. The third-order valence-corrected chi connectivity index (χ3v) is 4.55. The second-order valence-electron chi connectivity index (χ2n) is 4.81. The number of nitrogens with zero attached hydrogens (tertiary/aromatic N) is 1. The quantitative estimate of drug-likeness (QED) is 0.736. The summed E-state index contributed by atoms with van der Waals surface area (Å²) in [4.78, 5) is 0. The lowest BCUT2D eigenvalue weighted by Crippen LogP contribution is -2.19. The SMILES string of the molecule is CCSCCCC1(C#N)Cc2ccccc2C1. The maximum Gasteiger partial charge on any atom is 0.0696 e. The highest BCUT2D eigenvalue weighted by Crippen LogP contribution is 2.40. The number of fused-ring (bicyclic) bond motifs is 1. The van der Waals surface area contributed by atoms with Gasteiger partial charge in [-0.1, -0.05) is 31.2 Å². The molecular formula is C15H19NS. The van der Waals surface area contributed by atoms with E-state index in [4.69, 9.17) is 0 Å². The van der Waals surface area contributed by atoms with E-state index in [1.54, 1.807) is 0 Å². The van der Waals surface area contributed by atoms with Crippen LogP contribution in [0.25, 0.3) is 0 Å². The highest BCUT2D eigenvalue weighted by molar-refractivity contribution is 7.99. The Morgan fingerprint density at radius 3 is 2.47 bits per heavy atom. The van der Waals surface area contributed by atoms with E-state index in [1.807, 2.05) is 11.8 Å². The van der Waals surface area contributed by atoms with Crippen LogP contribution in [-0.4, -0.2) is 11.5 Å². The highest BCUT2D eigenvalue weighted by Gasteiger charge is 2.36. The Kier molecular flexibility index (Phi) is 4.12. The summed E-state index contributed by atoms with van der Waals surface area (Å²) in [5, 5.41) is 9.49. The molecule has 1 nitrogen and oxygen atoms in total. The van der Waals surface area contributed by atoms with Gasteiger partial charge in [0.15, 0.2) is 0 Å². The monoisotopic (exact) mass is 245 g/mol. The lowest BCUT2D eigenvalue weighted by molar-refractivity contribution is 0.382. The first-order valence-electron chi connectivity index (χ1n) is 6.35. The van der Waals surface area contributed by atoms with Crippen molar-refractivity contribution in [2.45, 2.75) is 32.6 Å². The van der Waals surface area contributed by atoms with Gasteiger partial charge in [0, 0.05) is 0 Å². The molecule has 1 aromatic rings. The molecule has 90 valence electrons. The van der Waals surface area contributed by atoms with Gasteiger partial charge < -0.3 is 0 Å². The predicted octanol–water partition coefficient (Wildman–Crippen LogP) is 3.83. The molecular weight excluding hydrogens is 226 g/mol. The molecule has 0 amide bonds. The van der Waals surface area contributed by atoms with Crippen LogP contribution < -0.4 is 0 Å². The molecule has 0 saturated carbocycles. The van der Waals surface area contributed by atoms with Gasteiger partial charge in [0.25, 0.3) is 0 Å². The van der Waals surface area contributed by atoms with Crippen LogP contribution >= 0.6 is 11.8 Å². The van der Waals surface area contributed by atoms with E-state index in [1.165, 1.54) is 29.1 Å². The van der Waals surface area contributed by atoms with Crippen LogP contribution in [0.2, 0.25) is 0 Å². The fourth-order valence-electron chi connectivity index (χ4n) is 2.66. The van der Waals surface area contributed by atoms with Gasteiger partial charge in [-0.25, -0.2) is 0 Å². The molecule has 1 aromatic carbocycles. The van der Waals surface area contributed by atoms with E-state index < -0.39 is 0 Å². The minimum absolute atomic E-state index is 0.113. The fourth-order valence-corrected chi connectivity index (χ4v) is 3.30. The number of benzene rings is 1. The largest absolute Gasteiger partial charge is 0.198 e. The standard InChI is InChI=1S/C15H19NS/c1-2-17-9-5-8-15(12-16)10-13-6-3-4-7-14(13)11-15/h3-4,6-7H,2,5,8-11H2,1H3. The molecule has 2 heteroatoms. The zero-order valence-corrected chi connectivity index (χ0v) is 11.2. The number of thioether (sulfide) groups is 1. The normalized spacial score (nSPS) is 16.5. The Hall–Kier alpha value is -0.940. The Balaban J connectivity index is 1.98. The second-order valence-corrected chi connectivity index (χ2v) is 6.21. The highest BCUT2D eigenvalue weighted by atomic mass is 32.2. The van der Waals surface area contributed by atoms with Gasteiger partial charge in [-0.3, -0.25) is 0 Å². The van der Waals surface area contributed by atoms with Crippen LogP contribution in [0, 0.1) is 16.7 Å². The van der Waals surface area contributed by atoms with Crippen molar-refractivity contribution in [3.63, 3.8) is 0 Å². The summed E-state index contributed by atoms with van der Waals surface area (Å²) < 4.78 is 0. The summed E-state index contributed by atoms with van der Waals surface area (Å²) in [6, 6.07) is 11.1. The Morgan fingerprint density at radius 2 is 1.94 bits per heavy atom. The van der Waals surface area contributed by atoms with Gasteiger partial charge in [0.2, 0.25) is 0 Å². The molecule has 17 heavy (non-hydrogen) atoms. The topological polar surface area (TPSA) is 23.8 Å². The van der Waals surface area contributed by atoms with Crippen molar-refractivity contribution in [3.05, 3.63) is 35.4 Å². The van der Waals surface area contributed by atoms with Crippen molar-refractivity contribution in [3.8, 4) is 6.07 Å². The smallest absolute Gasteiger partial charge is 0.0696 e. The average molecular weight is 245 g/mol.